The summed E-state index contributed by atoms with van der Waals surface area (Å²) in [6.45, 7) is 18.7. The van der Waals surface area contributed by atoms with E-state index in [4.69, 9.17) is 0 Å². The number of rotatable bonds is 4. The standard InChI is InChI=1S/C50H45B2NS/c1-30-22-34(5)46(35(6)23-30)51-40-20-15-21-41-48(40)53-49-42(51)26-32(3)28-44(49)54(38-16-11-9-12-17-38,39-18-13-10-14-19-39)45-29-33(4)27-43(50(45)53)52(41)47-36(7)24-31(2)25-37(47)8/h9-29H,1-8H3. The van der Waals surface area contributed by atoms with Gasteiger partial charge in [-0.25, -0.2) is 0 Å². The van der Waals surface area contributed by atoms with Crippen molar-refractivity contribution in [1.29, 1.82) is 0 Å². The molecule has 3 aliphatic heterocycles. The number of hydrogen-bond donors (Lipinski definition) is 0. The molecule has 0 atom stereocenters. The third-order valence-electron chi connectivity index (χ3n) is 12.4. The lowest BCUT2D eigenvalue weighted by atomic mass is 9.29. The molecule has 4 heteroatoms. The van der Waals surface area contributed by atoms with Crippen molar-refractivity contribution in [2.45, 2.75) is 75.0 Å². The van der Waals surface area contributed by atoms with Gasteiger partial charge < -0.3 is 4.90 Å². The Hall–Kier alpha value is -5.18. The van der Waals surface area contributed by atoms with E-state index in [1.807, 2.05) is 0 Å². The fourth-order valence-corrected chi connectivity index (χ4v) is 15.2. The van der Waals surface area contributed by atoms with E-state index in [1.54, 1.807) is 0 Å². The van der Waals surface area contributed by atoms with Gasteiger partial charge >= 0.3 is 0 Å². The lowest BCUT2D eigenvalue weighted by Crippen LogP contribution is -2.66. The Morgan fingerprint density at radius 1 is 0.370 bits per heavy atom. The number of benzene rings is 7. The van der Waals surface area contributed by atoms with Gasteiger partial charge in [0.2, 0.25) is 13.4 Å². The average molecular weight is 714 g/mol. The normalized spacial score (nSPS) is 14.9. The fraction of sp³-hybridized carbons (Fsp3) is 0.160. The summed E-state index contributed by atoms with van der Waals surface area (Å²) in [6.07, 6.45) is 0. The molecule has 0 N–H and O–H groups in total. The van der Waals surface area contributed by atoms with Crippen LogP contribution in [-0.2, 0) is 0 Å². The van der Waals surface area contributed by atoms with E-state index in [9.17, 15) is 0 Å². The Balaban J connectivity index is 1.46. The van der Waals surface area contributed by atoms with Crippen LogP contribution in [0.15, 0.2) is 147 Å². The first-order valence-electron chi connectivity index (χ1n) is 19.4. The summed E-state index contributed by atoms with van der Waals surface area (Å²) >= 11 is 0. The molecule has 0 saturated heterocycles. The van der Waals surface area contributed by atoms with Crippen LogP contribution in [0.4, 0.5) is 17.1 Å². The van der Waals surface area contributed by atoms with Crippen molar-refractivity contribution in [3.8, 4) is 0 Å². The minimum Gasteiger partial charge on any atom is -0.310 e. The Morgan fingerprint density at radius 2 is 0.741 bits per heavy atom. The maximum absolute atomic E-state index is 2.75. The quantitative estimate of drug-likeness (QED) is 0.165. The van der Waals surface area contributed by atoms with Crippen LogP contribution in [0.25, 0.3) is 0 Å². The lowest BCUT2D eigenvalue weighted by molar-refractivity contribution is 1.12. The number of para-hydroxylation sites is 1. The Morgan fingerprint density at radius 3 is 1.13 bits per heavy atom. The monoisotopic (exact) mass is 713 g/mol. The van der Waals surface area contributed by atoms with Gasteiger partial charge in [0.05, 0.1) is 11.4 Å². The molecule has 0 unspecified atom stereocenters. The van der Waals surface area contributed by atoms with Gasteiger partial charge in [0.1, 0.15) is 0 Å². The number of anilines is 3. The number of aryl methyl sites for hydroxylation is 8. The largest absolute Gasteiger partial charge is 0.310 e. The summed E-state index contributed by atoms with van der Waals surface area (Å²) in [7, 11) is -1.95. The highest BCUT2D eigenvalue weighted by molar-refractivity contribution is 8.34. The van der Waals surface area contributed by atoms with Gasteiger partial charge in [-0.3, -0.25) is 0 Å². The van der Waals surface area contributed by atoms with Gasteiger partial charge in [-0.1, -0.05) is 146 Å². The molecule has 0 spiro atoms. The predicted octanol–water partition coefficient (Wildman–Crippen LogP) is 8.94. The van der Waals surface area contributed by atoms with E-state index in [0.717, 1.165) is 0 Å². The third kappa shape index (κ3) is 4.44. The predicted molar refractivity (Wildman–Crippen MR) is 235 cm³/mol. The SMILES string of the molecule is Cc1cc(C)c(B2c3cccc4c3N3c5c2cc(C)cc5S(c2ccccc2)(c2ccccc2)c2cc(C)cc(c23)B4c2c(C)cc(C)cc2C)c(C)c1. The average Bonchev–Trinajstić information content (AvgIpc) is 3.13. The zero-order chi connectivity index (χ0) is 37.2. The van der Waals surface area contributed by atoms with Crippen molar-refractivity contribution in [3.05, 3.63) is 172 Å². The van der Waals surface area contributed by atoms with Crippen LogP contribution in [0.5, 0.6) is 0 Å². The van der Waals surface area contributed by atoms with Crippen LogP contribution in [0.2, 0.25) is 0 Å². The van der Waals surface area contributed by atoms with Crippen LogP contribution in [0, 0.1) is 55.4 Å². The summed E-state index contributed by atoms with van der Waals surface area (Å²) in [5, 5.41) is 0. The molecule has 0 radical (unpaired) electrons. The molecule has 0 bridgehead atoms. The van der Waals surface area contributed by atoms with Crippen molar-refractivity contribution < 1.29 is 0 Å². The Kier molecular flexibility index (Phi) is 7.36. The highest BCUT2D eigenvalue weighted by Crippen LogP contribution is 2.79. The van der Waals surface area contributed by atoms with E-state index >= 15 is 0 Å². The molecule has 0 aliphatic carbocycles. The molecule has 0 amide bonds. The summed E-state index contributed by atoms with van der Waals surface area (Å²) in [6, 6.07) is 50.0. The summed E-state index contributed by atoms with van der Waals surface area (Å²) in [5.74, 6) is 0. The molecule has 10 rings (SSSR count). The van der Waals surface area contributed by atoms with Crippen LogP contribution in [-0.4, -0.2) is 13.4 Å². The first kappa shape index (κ1) is 33.4. The molecule has 1 nitrogen and oxygen atoms in total. The molecule has 3 heterocycles. The van der Waals surface area contributed by atoms with Gasteiger partial charge in [0, 0.05) is 25.3 Å². The highest BCUT2D eigenvalue weighted by Gasteiger charge is 2.53. The third-order valence-corrected chi connectivity index (χ3v) is 16.3. The fourth-order valence-electron chi connectivity index (χ4n) is 10.8. The number of hydrogen-bond acceptors (Lipinski definition) is 1. The summed E-state index contributed by atoms with van der Waals surface area (Å²) in [5.41, 5.74) is 23.5. The van der Waals surface area contributed by atoms with E-state index < -0.39 is 10.0 Å². The minimum atomic E-state index is -1.95. The van der Waals surface area contributed by atoms with Crippen LogP contribution < -0.4 is 37.7 Å². The van der Waals surface area contributed by atoms with E-state index in [1.165, 1.54) is 114 Å². The topological polar surface area (TPSA) is 3.24 Å². The molecular formula is C50H45B2NS. The molecule has 0 fully saturated rings. The lowest BCUT2D eigenvalue weighted by Gasteiger charge is -2.55. The van der Waals surface area contributed by atoms with Crippen molar-refractivity contribution in [1.82, 2.24) is 0 Å². The summed E-state index contributed by atoms with van der Waals surface area (Å²) in [4.78, 5) is 8.43. The van der Waals surface area contributed by atoms with Gasteiger partial charge in [0.25, 0.3) is 0 Å². The van der Waals surface area contributed by atoms with E-state index in [2.05, 4.69) is 188 Å². The van der Waals surface area contributed by atoms with Gasteiger partial charge in [-0.05, 0) is 114 Å². The van der Waals surface area contributed by atoms with Crippen molar-refractivity contribution in [2.24, 2.45) is 0 Å². The van der Waals surface area contributed by atoms with E-state index in [-0.39, 0.29) is 13.4 Å². The van der Waals surface area contributed by atoms with Crippen LogP contribution in [0.1, 0.15) is 44.5 Å². The molecule has 0 aromatic heterocycles. The minimum absolute atomic E-state index is 0.100. The maximum atomic E-state index is 2.75. The first-order valence-corrected chi connectivity index (χ1v) is 21.0. The zero-order valence-electron chi connectivity index (χ0n) is 32.6. The van der Waals surface area contributed by atoms with Gasteiger partial charge in [-0.2, -0.15) is 0 Å². The molecule has 7 aromatic rings. The van der Waals surface area contributed by atoms with Crippen molar-refractivity contribution >= 4 is 73.3 Å². The Bertz CT molecular complexity index is 2490. The molecule has 0 saturated carbocycles. The molecule has 7 aromatic carbocycles. The second-order valence-corrected chi connectivity index (χ2v) is 19.3. The van der Waals surface area contributed by atoms with Crippen molar-refractivity contribution in [3.63, 3.8) is 0 Å². The zero-order valence-corrected chi connectivity index (χ0v) is 33.5. The maximum Gasteiger partial charge on any atom is 0.247 e. The van der Waals surface area contributed by atoms with Gasteiger partial charge in [0.15, 0.2) is 0 Å². The van der Waals surface area contributed by atoms with E-state index in [0.29, 0.717) is 0 Å². The molecule has 262 valence electrons. The smallest absolute Gasteiger partial charge is 0.247 e. The first-order chi connectivity index (χ1) is 26.1. The molecule has 54 heavy (non-hydrogen) atoms. The van der Waals surface area contributed by atoms with Gasteiger partial charge in [-0.15, -0.1) is 10.0 Å². The molecule has 3 aliphatic rings. The van der Waals surface area contributed by atoms with Crippen LogP contribution >= 0.6 is 10.0 Å². The number of nitrogens with zero attached hydrogens (tertiary/aromatic N) is 1. The molecular weight excluding hydrogens is 668 g/mol. The van der Waals surface area contributed by atoms with Crippen molar-refractivity contribution in [2.75, 3.05) is 4.90 Å². The van der Waals surface area contributed by atoms with Crippen LogP contribution in [0.3, 0.4) is 0 Å². The Labute approximate surface area is 323 Å². The second kappa shape index (κ2) is 11.9. The highest BCUT2D eigenvalue weighted by atomic mass is 32.3. The summed E-state index contributed by atoms with van der Waals surface area (Å²) < 4.78 is 0. The second-order valence-electron chi connectivity index (χ2n) is 16.3.